The molecule has 0 radical (unpaired) electrons. The van der Waals surface area contributed by atoms with Crippen LogP contribution in [0.25, 0.3) is 11.3 Å². The molecule has 1 N–H and O–H groups in total. The van der Waals surface area contributed by atoms with Gasteiger partial charge in [-0.25, -0.2) is 9.37 Å². The molecule has 0 spiro atoms. The largest absolute Gasteiger partial charge is 0.493 e. The number of nitrogens with one attached hydrogen (secondary N) is 1. The van der Waals surface area contributed by atoms with E-state index in [-0.39, 0.29) is 30.7 Å². The Balaban J connectivity index is 1.35. The van der Waals surface area contributed by atoms with Crippen LogP contribution in [0.3, 0.4) is 0 Å². The van der Waals surface area contributed by atoms with Gasteiger partial charge >= 0.3 is 0 Å². The van der Waals surface area contributed by atoms with E-state index in [0.717, 1.165) is 22.8 Å². The van der Waals surface area contributed by atoms with Crippen molar-refractivity contribution in [3.63, 3.8) is 0 Å². The van der Waals surface area contributed by atoms with Crippen molar-refractivity contribution in [3.8, 4) is 17.0 Å². The second-order valence-electron chi connectivity index (χ2n) is 7.65. The quantitative estimate of drug-likeness (QED) is 0.642. The van der Waals surface area contributed by atoms with E-state index in [0.29, 0.717) is 31.8 Å². The monoisotopic (exact) mass is 436 g/mol. The number of carbonyl (C=O) groups excluding carboxylic acids is 2. The minimum atomic E-state index is -0.321. The number of carbonyl (C=O) groups is 2. The number of amides is 2. The van der Waals surface area contributed by atoms with Gasteiger partial charge in [0.2, 0.25) is 11.8 Å². The van der Waals surface area contributed by atoms with E-state index in [9.17, 15) is 14.0 Å². The highest BCUT2D eigenvalue weighted by molar-refractivity contribution is 5.88. The number of halogens is 1. The molecular formula is C24H25FN4O3. The zero-order chi connectivity index (χ0) is 22.5. The van der Waals surface area contributed by atoms with Gasteiger partial charge < -0.3 is 19.5 Å². The van der Waals surface area contributed by atoms with Crippen LogP contribution in [0.1, 0.15) is 19.2 Å². The van der Waals surface area contributed by atoms with Crippen LogP contribution in [0.5, 0.6) is 5.75 Å². The van der Waals surface area contributed by atoms with Gasteiger partial charge in [0, 0.05) is 38.7 Å². The molecule has 1 aliphatic heterocycles. The number of hydrogen-bond donors (Lipinski definition) is 1. The average molecular weight is 436 g/mol. The summed E-state index contributed by atoms with van der Waals surface area (Å²) in [5, 5.41) is 2.77. The first-order chi connectivity index (χ1) is 15.5. The van der Waals surface area contributed by atoms with Crippen molar-refractivity contribution in [1.29, 1.82) is 0 Å². The summed E-state index contributed by atoms with van der Waals surface area (Å²) in [4.78, 5) is 30.3. The highest BCUT2D eigenvalue weighted by Crippen LogP contribution is 2.24. The van der Waals surface area contributed by atoms with Gasteiger partial charge in [0.15, 0.2) is 0 Å². The number of nitrogens with zero attached hydrogens (tertiary/aromatic N) is 3. The molecule has 2 aromatic carbocycles. The molecule has 1 aromatic heterocycles. The molecule has 8 heteroatoms. The molecule has 1 aliphatic rings. The number of rotatable bonds is 6. The first kappa shape index (κ1) is 21.5. The smallest absolute Gasteiger partial charge is 0.226 e. The van der Waals surface area contributed by atoms with Crippen molar-refractivity contribution in [2.24, 2.45) is 0 Å². The van der Waals surface area contributed by atoms with Crippen LogP contribution in [0.2, 0.25) is 0 Å². The summed E-state index contributed by atoms with van der Waals surface area (Å²) >= 11 is 0. The molecule has 2 amide bonds. The third-order valence-electron chi connectivity index (χ3n) is 5.39. The van der Waals surface area contributed by atoms with Crippen LogP contribution in [0.15, 0.2) is 54.7 Å². The molecule has 0 unspecified atom stereocenters. The number of imidazole rings is 1. The van der Waals surface area contributed by atoms with Crippen molar-refractivity contribution >= 4 is 17.5 Å². The molecule has 0 bridgehead atoms. The number of hydrogen-bond acceptors (Lipinski definition) is 4. The zero-order valence-corrected chi connectivity index (χ0v) is 17.9. The summed E-state index contributed by atoms with van der Waals surface area (Å²) in [5.41, 5.74) is 2.74. The Kier molecular flexibility index (Phi) is 6.49. The highest BCUT2D eigenvalue weighted by Gasteiger charge is 2.21. The summed E-state index contributed by atoms with van der Waals surface area (Å²) in [7, 11) is 0. The number of benzene rings is 2. The molecule has 32 heavy (non-hydrogen) atoms. The topological polar surface area (TPSA) is 76.5 Å². The van der Waals surface area contributed by atoms with Gasteiger partial charge in [0.25, 0.3) is 0 Å². The summed E-state index contributed by atoms with van der Waals surface area (Å²) < 4.78 is 20.7. The van der Waals surface area contributed by atoms with Gasteiger partial charge in [-0.15, -0.1) is 0 Å². The molecular weight excluding hydrogens is 411 g/mol. The van der Waals surface area contributed by atoms with Crippen molar-refractivity contribution in [1.82, 2.24) is 14.5 Å². The molecule has 4 rings (SSSR count). The Morgan fingerprint density at radius 3 is 2.53 bits per heavy atom. The van der Waals surface area contributed by atoms with Crippen LogP contribution < -0.4 is 10.1 Å². The Bertz CT molecular complexity index is 1090. The number of anilines is 1. The fourth-order valence-corrected chi connectivity index (χ4v) is 3.78. The Hall–Kier alpha value is -3.68. The van der Waals surface area contributed by atoms with Crippen LogP contribution in [0.4, 0.5) is 10.1 Å². The molecule has 0 fully saturated rings. The summed E-state index contributed by atoms with van der Waals surface area (Å²) in [6.07, 6.45) is 2.79. The fraction of sp³-hybridized carbons (Fsp3) is 0.292. The Morgan fingerprint density at radius 2 is 1.81 bits per heavy atom. The van der Waals surface area contributed by atoms with Crippen LogP contribution in [0, 0.1) is 5.82 Å². The third-order valence-corrected chi connectivity index (χ3v) is 5.39. The van der Waals surface area contributed by atoms with E-state index in [1.165, 1.54) is 19.1 Å². The van der Waals surface area contributed by atoms with E-state index in [4.69, 9.17) is 4.74 Å². The maximum absolute atomic E-state index is 13.0. The van der Waals surface area contributed by atoms with Crippen molar-refractivity contribution in [2.45, 2.75) is 26.3 Å². The third kappa shape index (κ3) is 5.14. The maximum Gasteiger partial charge on any atom is 0.226 e. The van der Waals surface area contributed by atoms with E-state index in [2.05, 4.69) is 14.9 Å². The lowest BCUT2D eigenvalue weighted by Crippen LogP contribution is -2.34. The molecule has 3 aromatic rings. The van der Waals surface area contributed by atoms with Crippen molar-refractivity contribution in [3.05, 3.63) is 66.4 Å². The average Bonchev–Trinajstić information content (AvgIpc) is 3.06. The molecule has 166 valence electrons. The van der Waals surface area contributed by atoms with Gasteiger partial charge in [-0.05, 0) is 42.0 Å². The number of fused-ring (bicyclic) bond motifs is 1. The minimum absolute atomic E-state index is 0.0269. The maximum atomic E-state index is 13.0. The van der Waals surface area contributed by atoms with E-state index in [1.807, 2.05) is 35.4 Å². The highest BCUT2D eigenvalue weighted by atomic mass is 19.1. The van der Waals surface area contributed by atoms with Gasteiger partial charge in [0.1, 0.15) is 17.4 Å². The minimum Gasteiger partial charge on any atom is -0.493 e. The Morgan fingerprint density at radius 1 is 1.06 bits per heavy atom. The summed E-state index contributed by atoms with van der Waals surface area (Å²) in [6, 6.07) is 13.4. The van der Waals surface area contributed by atoms with E-state index in [1.54, 1.807) is 12.1 Å². The van der Waals surface area contributed by atoms with Gasteiger partial charge in [-0.3, -0.25) is 9.59 Å². The van der Waals surface area contributed by atoms with Crippen LogP contribution in [-0.4, -0.2) is 46.0 Å². The zero-order valence-electron chi connectivity index (χ0n) is 17.9. The normalized spacial score (nSPS) is 13.2. The van der Waals surface area contributed by atoms with Gasteiger partial charge in [0.05, 0.1) is 24.9 Å². The Labute approximate surface area is 185 Å². The van der Waals surface area contributed by atoms with Crippen molar-refractivity contribution in [2.75, 3.05) is 25.0 Å². The van der Waals surface area contributed by atoms with E-state index >= 15 is 0 Å². The predicted molar refractivity (Wildman–Crippen MR) is 119 cm³/mol. The second-order valence-corrected chi connectivity index (χ2v) is 7.65. The number of ether oxygens (including phenoxy) is 1. The SMILES string of the molecule is CC(=O)Nc1ccc(-c2cnc3n2CCN(C(=O)CCOc2ccc(F)cc2)CC3)cc1. The predicted octanol–water partition coefficient (Wildman–Crippen LogP) is 3.50. The molecule has 0 saturated heterocycles. The van der Waals surface area contributed by atoms with Crippen LogP contribution >= 0.6 is 0 Å². The standard InChI is InChI=1S/C24H25FN4O3/c1-17(30)27-20-6-2-18(3-7-20)22-16-26-23-10-12-28(13-14-29(22)23)24(31)11-15-32-21-8-4-19(25)5-9-21/h2-9,16H,10-15H2,1H3,(H,27,30). The molecule has 2 heterocycles. The first-order valence-electron chi connectivity index (χ1n) is 10.6. The molecule has 0 aliphatic carbocycles. The van der Waals surface area contributed by atoms with Gasteiger partial charge in [-0.2, -0.15) is 0 Å². The lowest BCUT2D eigenvalue weighted by molar-refractivity contribution is -0.131. The first-order valence-corrected chi connectivity index (χ1v) is 10.6. The van der Waals surface area contributed by atoms with Crippen LogP contribution in [-0.2, 0) is 22.6 Å². The second kappa shape index (κ2) is 9.64. The molecule has 0 atom stereocenters. The number of aromatic nitrogens is 2. The lowest BCUT2D eigenvalue weighted by atomic mass is 10.1. The van der Waals surface area contributed by atoms with E-state index < -0.39 is 0 Å². The molecule has 0 saturated carbocycles. The van der Waals surface area contributed by atoms with Gasteiger partial charge in [-0.1, -0.05) is 12.1 Å². The summed E-state index contributed by atoms with van der Waals surface area (Å²) in [6.45, 7) is 3.58. The fourth-order valence-electron chi connectivity index (χ4n) is 3.78. The lowest BCUT2D eigenvalue weighted by Gasteiger charge is -2.20. The molecule has 7 nitrogen and oxygen atoms in total. The van der Waals surface area contributed by atoms with Crippen molar-refractivity contribution < 1.29 is 18.7 Å². The summed E-state index contributed by atoms with van der Waals surface area (Å²) in [5.74, 6) is 1.09.